The van der Waals surface area contributed by atoms with Gasteiger partial charge >= 0.3 is 0 Å². The van der Waals surface area contributed by atoms with E-state index in [2.05, 4.69) is 36.5 Å². The summed E-state index contributed by atoms with van der Waals surface area (Å²) in [6, 6.07) is 20.2. The van der Waals surface area contributed by atoms with E-state index in [4.69, 9.17) is 0 Å². The predicted octanol–water partition coefficient (Wildman–Crippen LogP) is 3.87. The van der Waals surface area contributed by atoms with E-state index in [0.717, 1.165) is 17.5 Å². The third kappa shape index (κ3) is 3.08. The number of benzene rings is 2. The molecule has 0 atom stereocenters. The van der Waals surface area contributed by atoms with E-state index < -0.39 is 5.54 Å². The average Bonchev–Trinajstić information content (AvgIpc) is 2.49. The van der Waals surface area contributed by atoms with Gasteiger partial charge in [-0.2, -0.15) is 0 Å². The fraction of sp³-hybridized carbons (Fsp3) is 0.278. The Morgan fingerprint density at radius 3 is 1.80 bits per heavy atom. The molecule has 0 heterocycles. The molecule has 0 bridgehead atoms. The van der Waals surface area contributed by atoms with Crippen LogP contribution in [0.5, 0.6) is 0 Å². The fourth-order valence-electron chi connectivity index (χ4n) is 2.42. The third-order valence-electron chi connectivity index (χ3n) is 3.57. The van der Waals surface area contributed by atoms with Gasteiger partial charge < -0.3 is 5.32 Å². The van der Waals surface area contributed by atoms with Crippen LogP contribution < -0.4 is 5.32 Å². The van der Waals surface area contributed by atoms with Crippen molar-refractivity contribution in [1.82, 2.24) is 5.32 Å². The lowest BCUT2D eigenvalue weighted by atomic mass is 9.84. The largest absolute Gasteiger partial charge is 0.343 e. The van der Waals surface area contributed by atoms with Crippen molar-refractivity contribution in [3.63, 3.8) is 0 Å². The zero-order valence-corrected chi connectivity index (χ0v) is 12.1. The van der Waals surface area contributed by atoms with Gasteiger partial charge in [0.25, 0.3) is 0 Å². The Hall–Kier alpha value is -2.09. The van der Waals surface area contributed by atoms with Crippen LogP contribution >= 0.6 is 0 Å². The molecule has 2 heteroatoms. The lowest BCUT2D eigenvalue weighted by molar-refractivity contribution is -0.122. The average molecular weight is 267 g/mol. The van der Waals surface area contributed by atoms with Gasteiger partial charge in [0, 0.05) is 6.42 Å². The lowest BCUT2D eigenvalue weighted by Crippen LogP contribution is -2.44. The second kappa shape index (κ2) is 6.38. The first-order chi connectivity index (χ1) is 9.66. The Morgan fingerprint density at radius 2 is 1.40 bits per heavy atom. The molecule has 0 spiro atoms. The first kappa shape index (κ1) is 14.3. The Balaban J connectivity index is 2.41. The van der Waals surface area contributed by atoms with Gasteiger partial charge in [-0.1, -0.05) is 67.6 Å². The van der Waals surface area contributed by atoms with Crippen molar-refractivity contribution in [2.45, 2.75) is 32.2 Å². The maximum Gasteiger partial charge on any atom is 0.220 e. The summed E-state index contributed by atoms with van der Waals surface area (Å²) in [4.78, 5) is 12.1. The first-order valence-electron chi connectivity index (χ1n) is 7.09. The van der Waals surface area contributed by atoms with Crippen LogP contribution in [0, 0.1) is 0 Å². The number of nitrogens with one attached hydrogen (secondary N) is 1. The molecule has 2 aromatic carbocycles. The van der Waals surface area contributed by atoms with Crippen LogP contribution in [-0.2, 0) is 10.3 Å². The molecule has 0 saturated carbocycles. The van der Waals surface area contributed by atoms with Crippen molar-refractivity contribution < 1.29 is 4.79 Å². The Morgan fingerprint density at radius 1 is 0.950 bits per heavy atom. The highest BCUT2D eigenvalue weighted by Gasteiger charge is 2.29. The van der Waals surface area contributed by atoms with E-state index >= 15 is 0 Å². The van der Waals surface area contributed by atoms with Gasteiger partial charge in [0.05, 0.1) is 5.54 Å². The van der Waals surface area contributed by atoms with Crippen molar-refractivity contribution in [3.05, 3.63) is 71.8 Å². The van der Waals surface area contributed by atoms with Gasteiger partial charge in [-0.3, -0.25) is 4.79 Å². The standard InChI is InChI=1S/C18H21NO/c1-3-10-17(20)19-18(2,15-11-6-4-7-12-15)16-13-8-5-9-14-16/h4-9,11-14H,3,10H2,1-2H3,(H,19,20). The van der Waals surface area contributed by atoms with Gasteiger partial charge in [-0.15, -0.1) is 0 Å². The highest BCUT2D eigenvalue weighted by Crippen LogP contribution is 2.29. The van der Waals surface area contributed by atoms with Crippen LogP contribution in [0.3, 0.4) is 0 Å². The molecule has 1 N–H and O–H groups in total. The van der Waals surface area contributed by atoms with Crippen LogP contribution in [0.2, 0.25) is 0 Å². The molecule has 0 aromatic heterocycles. The van der Waals surface area contributed by atoms with Gasteiger partial charge in [0.2, 0.25) is 5.91 Å². The van der Waals surface area contributed by atoms with Gasteiger partial charge in [0.1, 0.15) is 0 Å². The molecule has 104 valence electrons. The maximum absolute atomic E-state index is 12.1. The Labute approximate surface area is 120 Å². The van der Waals surface area contributed by atoms with Gasteiger partial charge in [-0.25, -0.2) is 0 Å². The molecule has 2 rings (SSSR count). The van der Waals surface area contributed by atoms with Gasteiger partial charge in [0.15, 0.2) is 0 Å². The topological polar surface area (TPSA) is 29.1 Å². The van der Waals surface area contributed by atoms with E-state index in [0.29, 0.717) is 6.42 Å². The van der Waals surface area contributed by atoms with Crippen molar-refractivity contribution in [2.24, 2.45) is 0 Å². The molecular weight excluding hydrogens is 246 g/mol. The van der Waals surface area contributed by atoms with Crippen molar-refractivity contribution >= 4 is 5.91 Å². The predicted molar refractivity (Wildman–Crippen MR) is 82.4 cm³/mol. The van der Waals surface area contributed by atoms with Crippen LogP contribution in [0.15, 0.2) is 60.7 Å². The zero-order valence-electron chi connectivity index (χ0n) is 12.1. The quantitative estimate of drug-likeness (QED) is 0.875. The third-order valence-corrected chi connectivity index (χ3v) is 3.57. The molecule has 2 nitrogen and oxygen atoms in total. The number of carbonyl (C=O) groups excluding carboxylic acids is 1. The summed E-state index contributed by atoms with van der Waals surface area (Å²) in [5.41, 5.74) is 1.70. The summed E-state index contributed by atoms with van der Waals surface area (Å²) < 4.78 is 0. The van der Waals surface area contributed by atoms with E-state index in [1.165, 1.54) is 0 Å². The highest BCUT2D eigenvalue weighted by atomic mass is 16.1. The molecule has 0 radical (unpaired) electrons. The summed E-state index contributed by atoms with van der Waals surface area (Å²) in [6.45, 7) is 4.08. The maximum atomic E-state index is 12.1. The summed E-state index contributed by atoms with van der Waals surface area (Å²) in [7, 11) is 0. The number of amides is 1. The first-order valence-corrected chi connectivity index (χ1v) is 7.09. The Kier molecular flexibility index (Phi) is 4.57. The Bertz CT molecular complexity index is 509. The summed E-state index contributed by atoms with van der Waals surface area (Å²) in [5.74, 6) is 0.0858. The number of hydrogen-bond acceptors (Lipinski definition) is 1. The summed E-state index contributed by atoms with van der Waals surface area (Å²) >= 11 is 0. The lowest BCUT2D eigenvalue weighted by Gasteiger charge is -2.32. The van der Waals surface area contributed by atoms with E-state index in [9.17, 15) is 4.79 Å². The molecular formula is C18H21NO. The van der Waals surface area contributed by atoms with Crippen LogP contribution in [0.1, 0.15) is 37.8 Å². The fourth-order valence-corrected chi connectivity index (χ4v) is 2.42. The van der Waals surface area contributed by atoms with Crippen LogP contribution in [0.25, 0.3) is 0 Å². The van der Waals surface area contributed by atoms with E-state index in [-0.39, 0.29) is 5.91 Å². The van der Waals surface area contributed by atoms with Crippen molar-refractivity contribution in [1.29, 1.82) is 0 Å². The van der Waals surface area contributed by atoms with Crippen molar-refractivity contribution in [3.8, 4) is 0 Å². The normalized spacial score (nSPS) is 11.1. The zero-order chi connectivity index (χ0) is 14.4. The molecule has 0 aliphatic heterocycles. The molecule has 0 aliphatic carbocycles. The molecule has 2 aromatic rings. The minimum atomic E-state index is -0.491. The molecule has 0 fully saturated rings. The van der Waals surface area contributed by atoms with Crippen LogP contribution in [0.4, 0.5) is 0 Å². The monoisotopic (exact) mass is 267 g/mol. The minimum absolute atomic E-state index is 0.0858. The SMILES string of the molecule is CCCC(=O)NC(C)(c1ccccc1)c1ccccc1. The summed E-state index contributed by atoms with van der Waals surface area (Å²) in [6.07, 6.45) is 1.40. The van der Waals surface area contributed by atoms with E-state index in [1.54, 1.807) is 0 Å². The smallest absolute Gasteiger partial charge is 0.220 e. The molecule has 0 unspecified atom stereocenters. The number of rotatable bonds is 5. The number of hydrogen-bond donors (Lipinski definition) is 1. The molecule has 0 aliphatic rings. The van der Waals surface area contributed by atoms with E-state index in [1.807, 2.05) is 43.3 Å². The minimum Gasteiger partial charge on any atom is -0.343 e. The molecule has 0 saturated heterocycles. The molecule has 1 amide bonds. The second-order valence-corrected chi connectivity index (χ2v) is 5.16. The van der Waals surface area contributed by atoms with Gasteiger partial charge in [-0.05, 0) is 24.5 Å². The second-order valence-electron chi connectivity index (χ2n) is 5.16. The van der Waals surface area contributed by atoms with Crippen LogP contribution in [-0.4, -0.2) is 5.91 Å². The number of carbonyl (C=O) groups is 1. The highest BCUT2D eigenvalue weighted by molar-refractivity contribution is 5.77. The van der Waals surface area contributed by atoms with Crippen molar-refractivity contribution in [2.75, 3.05) is 0 Å². The molecule has 20 heavy (non-hydrogen) atoms. The summed E-state index contributed by atoms with van der Waals surface area (Å²) in [5, 5.41) is 3.19.